The Balaban J connectivity index is 1.91. The van der Waals surface area contributed by atoms with Crippen molar-refractivity contribution in [2.24, 2.45) is 0 Å². The Kier molecular flexibility index (Phi) is 3.99. The molecule has 1 aliphatic rings. The number of thiophene rings is 1. The van der Waals surface area contributed by atoms with Crippen molar-refractivity contribution in [1.82, 2.24) is 4.98 Å². The van der Waals surface area contributed by atoms with Crippen molar-refractivity contribution in [3.63, 3.8) is 0 Å². The van der Waals surface area contributed by atoms with E-state index in [2.05, 4.69) is 88.8 Å². The largest absolute Gasteiger partial charge is 0.247 e. The molecule has 0 atom stereocenters. The van der Waals surface area contributed by atoms with Crippen molar-refractivity contribution < 1.29 is 0 Å². The minimum absolute atomic E-state index is 1.02. The van der Waals surface area contributed by atoms with Crippen LogP contribution in [-0.4, -0.2) is 4.98 Å². The molecule has 0 radical (unpaired) electrons. The van der Waals surface area contributed by atoms with Crippen LogP contribution < -0.4 is 0 Å². The van der Waals surface area contributed by atoms with Crippen molar-refractivity contribution in [2.45, 2.75) is 12.8 Å². The number of pyridine rings is 1. The number of benzene rings is 2. The Morgan fingerprint density at radius 2 is 1.62 bits per heavy atom. The van der Waals surface area contributed by atoms with Gasteiger partial charge in [0.05, 0.1) is 11.2 Å². The molecule has 0 fully saturated rings. The molecule has 0 amide bonds. The molecule has 0 unspecified atom stereocenters. The summed E-state index contributed by atoms with van der Waals surface area (Å²) in [5.74, 6) is 0. The van der Waals surface area contributed by atoms with Gasteiger partial charge < -0.3 is 0 Å². The van der Waals surface area contributed by atoms with E-state index in [1.165, 1.54) is 31.1 Å². The van der Waals surface area contributed by atoms with Crippen LogP contribution in [0.1, 0.15) is 18.5 Å². The number of nitrogens with zero attached hydrogens (tertiary/aromatic N) is 1. The molecule has 3 heteroatoms. The van der Waals surface area contributed by atoms with Crippen LogP contribution in [0.3, 0.4) is 0 Å². The fourth-order valence-electron chi connectivity index (χ4n) is 3.56. The maximum Gasteiger partial charge on any atom is 0.0799 e. The SMILES string of the molecule is BrC1=C/CC/C=C(c2nc3ccccc3c3sc4ccccc4c23)/C=C\1. The first-order chi connectivity index (χ1) is 12.8. The van der Waals surface area contributed by atoms with Crippen LogP contribution in [0, 0.1) is 0 Å². The average molecular weight is 418 g/mol. The van der Waals surface area contributed by atoms with Crippen molar-refractivity contribution in [2.75, 3.05) is 0 Å². The number of hydrogen-bond donors (Lipinski definition) is 0. The van der Waals surface area contributed by atoms with Gasteiger partial charge in [0, 0.05) is 30.0 Å². The van der Waals surface area contributed by atoms with E-state index in [0.717, 1.165) is 28.5 Å². The number of para-hydroxylation sites is 1. The van der Waals surface area contributed by atoms with E-state index in [4.69, 9.17) is 4.98 Å². The minimum atomic E-state index is 1.02. The summed E-state index contributed by atoms with van der Waals surface area (Å²) in [6.45, 7) is 0. The molecule has 0 bridgehead atoms. The third-order valence-corrected chi connectivity index (χ3v) is 6.57. The van der Waals surface area contributed by atoms with Gasteiger partial charge in [-0.05, 0) is 36.6 Å². The Hall–Kier alpha value is -2.23. The molecule has 0 saturated heterocycles. The highest BCUT2D eigenvalue weighted by molar-refractivity contribution is 9.11. The first kappa shape index (κ1) is 16.0. The van der Waals surface area contributed by atoms with Gasteiger partial charge in [0.15, 0.2) is 0 Å². The molecule has 0 spiro atoms. The molecular weight excluding hydrogens is 402 g/mol. The predicted molar refractivity (Wildman–Crippen MR) is 118 cm³/mol. The molecule has 0 aliphatic heterocycles. The van der Waals surface area contributed by atoms with Gasteiger partial charge in [-0.25, -0.2) is 4.98 Å². The first-order valence-corrected chi connectivity index (χ1v) is 10.4. The van der Waals surface area contributed by atoms with Gasteiger partial charge in [0.2, 0.25) is 0 Å². The molecule has 2 heterocycles. The summed E-state index contributed by atoms with van der Waals surface area (Å²) in [4.78, 5) is 5.10. The highest BCUT2D eigenvalue weighted by Crippen LogP contribution is 2.41. The van der Waals surface area contributed by atoms with Crippen LogP contribution in [-0.2, 0) is 0 Å². The molecule has 1 aliphatic carbocycles. The van der Waals surface area contributed by atoms with Crippen molar-refractivity contribution >= 4 is 63.9 Å². The summed E-state index contributed by atoms with van der Waals surface area (Å²) in [7, 11) is 0. The van der Waals surface area contributed by atoms with E-state index in [1.54, 1.807) is 0 Å². The van der Waals surface area contributed by atoms with Crippen LogP contribution in [0.15, 0.2) is 77.3 Å². The van der Waals surface area contributed by atoms with Gasteiger partial charge >= 0.3 is 0 Å². The zero-order valence-electron chi connectivity index (χ0n) is 14.1. The lowest BCUT2D eigenvalue weighted by Gasteiger charge is -2.10. The summed E-state index contributed by atoms with van der Waals surface area (Å²) in [6, 6.07) is 17.1. The highest BCUT2D eigenvalue weighted by Gasteiger charge is 2.16. The van der Waals surface area contributed by atoms with E-state index in [9.17, 15) is 0 Å². The molecule has 4 aromatic rings. The number of halogens is 1. The standard InChI is InChI=1S/C23H16BrNS/c24-16-8-2-1-7-15(13-14-16)22-21-18-10-4-6-12-20(18)26-23(21)17-9-3-5-11-19(17)25-22/h3-14H,1-2H2/b14-13-,15-7-,16-8+. The molecule has 2 aromatic heterocycles. The Morgan fingerprint density at radius 1 is 0.846 bits per heavy atom. The van der Waals surface area contributed by atoms with E-state index < -0.39 is 0 Å². The number of aromatic nitrogens is 1. The molecule has 2 aromatic carbocycles. The summed E-state index contributed by atoms with van der Waals surface area (Å²) >= 11 is 5.49. The summed E-state index contributed by atoms with van der Waals surface area (Å²) < 4.78 is 3.78. The first-order valence-electron chi connectivity index (χ1n) is 8.75. The number of allylic oxidation sites excluding steroid dienone is 6. The van der Waals surface area contributed by atoms with Gasteiger partial charge in [0.25, 0.3) is 0 Å². The van der Waals surface area contributed by atoms with Crippen LogP contribution >= 0.6 is 27.3 Å². The fraction of sp³-hybridized carbons (Fsp3) is 0.0870. The van der Waals surface area contributed by atoms with Crippen LogP contribution in [0.5, 0.6) is 0 Å². The maximum atomic E-state index is 5.10. The topological polar surface area (TPSA) is 12.9 Å². The third kappa shape index (κ3) is 2.63. The lowest BCUT2D eigenvalue weighted by Crippen LogP contribution is -1.92. The van der Waals surface area contributed by atoms with Crippen molar-refractivity contribution in [3.8, 4) is 0 Å². The Bertz CT molecular complexity index is 1240. The zero-order valence-corrected chi connectivity index (χ0v) is 16.5. The zero-order chi connectivity index (χ0) is 17.5. The van der Waals surface area contributed by atoms with Gasteiger partial charge in [-0.3, -0.25) is 0 Å². The molecule has 126 valence electrons. The van der Waals surface area contributed by atoms with E-state index in [-0.39, 0.29) is 0 Å². The average Bonchev–Trinajstić information content (AvgIpc) is 3.05. The lowest BCUT2D eigenvalue weighted by molar-refractivity contribution is 1.05. The van der Waals surface area contributed by atoms with Gasteiger partial charge in [-0.1, -0.05) is 70.6 Å². The summed E-state index contributed by atoms with van der Waals surface area (Å²) in [6.07, 6.45) is 10.9. The number of fused-ring (bicyclic) bond motifs is 5. The molecule has 1 nitrogen and oxygen atoms in total. The van der Waals surface area contributed by atoms with Crippen molar-refractivity contribution in [3.05, 3.63) is 83.0 Å². The number of rotatable bonds is 1. The Morgan fingerprint density at radius 3 is 2.54 bits per heavy atom. The second kappa shape index (κ2) is 6.49. The smallest absolute Gasteiger partial charge is 0.0799 e. The fourth-order valence-corrected chi connectivity index (χ4v) is 5.16. The van der Waals surface area contributed by atoms with E-state index in [1.807, 2.05) is 11.3 Å². The highest BCUT2D eigenvalue weighted by atomic mass is 79.9. The van der Waals surface area contributed by atoms with Crippen LogP contribution in [0.4, 0.5) is 0 Å². The van der Waals surface area contributed by atoms with Crippen molar-refractivity contribution in [1.29, 1.82) is 0 Å². The molecule has 0 saturated carbocycles. The Labute approximate surface area is 164 Å². The quantitative estimate of drug-likeness (QED) is 0.310. The molecule has 0 N–H and O–H groups in total. The number of hydrogen-bond acceptors (Lipinski definition) is 2. The third-order valence-electron chi connectivity index (χ3n) is 4.78. The monoisotopic (exact) mass is 417 g/mol. The molecule has 26 heavy (non-hydrogen) atoms. The molecule has 5 rings (SSSR count). The second-order valence-corrected chi connectivity index (χ2v) is 8.41. The van der Waals surface area contributed by atoms with E-state index in [0.29, 0.717) is 0 Å². The molecular formula is C23H16BrNS. The van der Waals surface area contributed by atoms with E-state index >= 15 is 0 Å². The van der Waals surface area contributed by atoms with Gasteiger partial charge in [0.1, 0.15) is 0 Å². The minimum Gasteiger partial charge on any atom is -0.247 e. The van der Waals surface area contributed by atoms with Gasteiger partial charge in [-0.2, -0.15) is 0 Å². The van der Waals surface area contributed by atoms with Gasteiger partial charge in [-0.15, -0.1) is 11.3 Å². The predicted octanol–water partition coefficient (Wildman–Crippen LogP) is 7.61. The lowest BCUT2D eigenvalue weighted by atomic mass is 10.00. The van der Waals surface area contributed by atoms with Crippen LogP contribution in [0.2, 0.25) is 0 Å². The summed E-state index contributed by atoms with van der Waals surface area (Å²) in [5.41, 5.74) is 3.36. The maximum absolute atomic E-state index is 5.10. The van der Waals surface area contributed by atoms with Crippen LogP contribution in [0.25, 0.3) is 36.6 Å². The normalized spacial score (nSPS) is 20.3. The summed E-state index contributed by atoms with van der Waals surface area (Å²) in [5, 5.41) is 3.82. The second-order valence-electron chi connectivity index (χ2n) is 6.44.